The lowest BCUT2D eigenvalue weighted by Crippen LogP contribution is -2.44. The van der Waals surface area contributed by atoms with Crippen molar-refractivity contribution in [2.45, 2.75) is 19.0 Å². The quantitative estimate of drug-likeness (QED) is 0.597. The third-order valence-corrected chi connectivity index (χ3v) is 2.86. The molecule has 0 N–H and O–H groups in total. The van der Waals surface area contributed by atoms with Gasteiger partial charge in [0, 0.05) is 25.2 Å². The molecule has 0 aromatic rings. The molecule has 0 aromatic carbocycles. The van der Waals surface area contributed by atoms with Crippen molar-refractivity contribution >= 4 is 12.5 Å². The Balaban J connectivity index is 1.92. The molecular formula is C10H16N2O2. The first-order chi connectivity index (χ1) is 6.90. The van der Waals surface area contributed by atoms with Gasteiger partial charge in [0.05, 0.1) is 13.2 Å². The smallest absolute Gasteiger partial charge is 0.123 e. The topological polar surface area (TPSA) is 41.9 Å². The summed E-state index contributed by atoms with van der Waals surface area (Å²) in [7, 11) is 0. The zero-order valence-electron chi connectivity index (χ0n) is 8.26. The summed E-state index contributed by atoms with van der Waals surface area (Å²) in [6.45, 7) is 3.46. The number of ether oxygens (including phenoxy) is 1. The van der Waals surface area contributed by atoms with Gasteiger partial charge in [-0.1, -0.05) is 0 Å². The van der Waals surface area contributed by atoms with E-state index in [0.29, 0.717) is 0 Å². The normalized spacial score (nSPS) is 34.3. The van der Waals surface area contributed by atoms with Crippen LogP contribution in [-0.2, 0) is 9.53 Å². The molecule has 4 nitrogen and oxygen atoms in total. The zero-order chi connectivity index (χ0) is 9.80. The lowest BCUT2D eigenvalue weighted by Gasteiger charge is -2.34. The van der Waals surface area contributed by atoms with Crippen molar-refractivity contribution < 1.29 is 9.53 Å². The number of aldehydes is 1. The standard InChI is InChI=1S/C10H16N2O2/c13-8-9-1-2-11-10(7-9)12-3-5-14-6-4-12/h2,8-10H,1,3-7H2. The van der Waals surface area contributed by atoms with Crippen LogP contribution in [0.25, 0.3) is 0 Å². The highest BCUT2D eigenvalue weighted by atomic mass is 16.5. The van der Waals surface area contributed by atoms with Gasteiger partial charge in [-0.25, -0.2) is 0 Å². The van der Waals surface area contributed by atoms with Gasteiger partial charge in [-0.15, -0.1) is 0 Å². The minimum atomic E-state index is 0.167. The van der Waals surface area contributed by atoms with E-state index in [2.05, 4.69) is 9.89 Å². The first-order valence-corrected chi connectivity index (χ1v) is 5.19. The highest BCUT2D eigenvalue weighted by Crippen LogP contribution is 2.19. The molecule has 1 fully saturated rings. The molecule has 0 saturated carbocycles. The molecule has 0 aliphatic carbocycles. The maximum Gasteiger partial charge on any atom is 0.123 e. The van der Waals surface area contributed by atoms with Crippen LogP contribution in [0.4, 0.5) is 0 Å². The van der Waals surface area contributed by atoms with E-state index in [1.165, 1.54) is 0 Å². The predicted molar refractivity (Wildman–Crippen MR) is 53.5 cm³/mol. The van der Waals surface area contributed by atoms with Crippen molar-refractivity contribution in [2.24, 2.45) is 10.9 Å². The molecule has 1 saturated heterocycles. The van der Waals surface area contributed by atoms with Crippen molar-refractivity contribution in [2.75, 3.05) is 26.3 Å². The maximum absolute atomic E-state index is 10.7. The summed E-state index contributed by atoms with van der Waals surface area (Å²) in [4.78, 5) is 17.4. The Labute approximate surface area is 83.9 Å². The Morgan fingerprint density at radius 1 is 1.43 bits per heavy atom. The Morgan fingerprint density at radius 2 is 2.21 bits per heavy atom. The molecule has 0 bridgehead atoms. The van der Waals surface area contributed by atoms with E-state index >= 15 is 0 Å². The maximum atomic E-state index is 10.7. The number of aliphatic imine (C=N–C) groups is 1. The van der Waals surface area contributed by atoms with Gasteiger partial charge < -0.3 is 9.53 Å². The molecule has 0 spiro atoms. The van der Waals surface area contributed by atoms with Crippen LogP contribution in [0, 0.1) is 5.92 Å². The molecule has 0 aromatic heterocycles. The summed E-state index contributed by atoms with van der Waals surface area (Å²) in [6.07, 6.45) is 4.84. The Morgan fingerprint density at radius 3 is 2.93 bits per heavy atom. The van der Waals surface area contributed by atoms with Crippen molar-refractivity contribution in [1.29, 1.82) is 0 Å². The first kappa shape index (κ1) is 9.80. The van der Waals surface area contributed by atoms with Gasteiger partial charge in [-0.05, 0) is 12.8 Å². The van der Waals surface area contributed by atoms with Crippen molar-refractivity contribution in [3.63, 3.8) is 0 Å². The average Bonchev–Trinajstić information content (AvgIpc) is 2.30. The molecule has 78 valence electrons. The molecule has 2 aliphatic rings. The number of morpholine rings is 1. The van der Waals surface area contributed by atoms with E-state index in [0.717, 1.165) is 45.4 Å². The second-order valence-electron chi connectivity index (χ2n) is 3.83. The van der Waals surface area contributed by atoms with E-state index in [1.807, 2.05) is 6.21 Å². The lowest BCUT2D eigenvalue weighted by molar-refractivity contribution is -0.111. The number of nitrogens with zero attached hydrogens (tertiary/aromatic N) is 2. The summed E-state index contributed by atoms with van der Waals surface area (Å²) >= 11 is 0. The fourth-order valence-corrected chi connectivity index (χ4v) is 1.98. The van der Waals surface area contributed by atoms with E-state index in [9.17, 15) is 4.79 Å². The first-order valence-electron chi connectivity index (χ1n) is 5.19. The lowest BCUT2D eigenvalue weighted by atomic mass is 9.99. The van der Waals surface area contributed by atoms with Gasteiger partial charge in [-0.3, -0.25) is 9.89 Å². The average molecular weight is 196 g/mol. The Hall–Kier alpha value is -0.740. The highest BCUT2D eigenvalue weighted by Gasteiger charge is 2.25. The predicted octanol–water partition coefficient (Wildman–Crippen LogP) is 0.324. The van der Waals surface area contributed by atoms with Gasteiger partial charge >= 0.3 is 0 Å². The number of carbonyl (C=O) groups is 1. The van der Waals surface area contributed by atoms with Crippen molar-refractivity contribution in [1.82, 2.24) is 4.90 Å². The van der Waals surface area contributed by atoms with E-state index in [4.69, 9.17) is 4.74 Å². The molecule has 2 unspecified atom stereocenters. The van der Waals surface area contributed by atoms with Gasteiger partial charge in [-0.2, -0.15) is 0 Å². The van der Waals surface area contributed by atoms with Crippen LogP contribution >= 0.6 is 0 Å². The second-order valence-corrected chi connectivity index (χ2v) is 3.83. The minimum absolute atomic E-state index is 0.167. The highest BCUT2D eigenvalue weighted by molar-refractivity contribution is 5.66. The SMILES string of the molecule is O=CC1CC=NC(N2CCOCC2)C1. The molecular weight excluding hydrogens is 180 g/mol. The minimum Gasteiger partial charge on any atom is -0.379 e. The van der Waals surface area contributed by atoms with Gasteiger partial charge in [0.15, 0.2) is 0 Å². The zero-order valence-corrected chi connectivity index (χ0v) is 8.26. The van der Waals surface area contributed by atoms with Crippen molar-refractivity contribution in [3.8, 4) is 0 Å². The summed E-state index contributed by atoms with van der Waals surface area (Å²) in [5, 5.41) is 0. The van der Waals surface area contributed by atoms with Gasteiger partial charge in [0.2, 0.25) is 0 Å². The van der Waals surface area contributed by atoms with Crippen LogP contribution in [0.3, 0.4) is 0 Å². The molecule has 2 rings (SSSR count). The van der Waals surface area contributed by atoms with Crippen LogP contribution in [0.2, 0.25) is 0 Å². The summed E-state index contributed by atoms with van der Waals surface area (Å²) in [5.74, 6) is 0.167. The molecule has 2 heterocycles. The van der Waals surface area contributed by atoms with E-state index in [-0.39, 0.29) is 12.1 Å². The number of rotatable bonds is 2. The number of carbonyl (C=O) groups excluding carboxylic acids is 1. The van der Waals surface area contributed by atoms with Crippen LogP contribution in [-0.4, -0.2) is 49.9 Å². The van der Waals surface area contributed by atoms with Crippen LogP contribution < -0.4 is 0 Å². The molecule has 0 radical (unpaired) electrons. The van der Waals surface area contributed by atoms with Gasteiger partial charge in [0.1, 0.15) is 12.5 Å². The summed E-state index contributed by atoms with van der Waals surface area (Å²) < 4.78 is 5.28. The summed E-state index contributed by atoms with van der Waals surface area (Å²) in [5.41, 5.74) is 0. The van der Waals surface area contributed by atoms with Crippen LogP contribution in [0.15, 0.2) is 4.99 Å². The Bertz CT molecular complexity index is 224. The third kappa shape index (κ3) is 2.19. The molecule has 14 heavy (non-hydrogen) atoms. The molecule has 2 atom stereocenters. The molecule has 0 amide bonds. The fourth-order valence-electron chi connectivity index (χ4n) is 1.98. The van der Waals surface area contributed by atoms with Crippen LogP contribution in [0.1, 0.15) is 12.8 Å². The Kier molecular flexibility index (Phi) is 3.26. The molecule has 4 heteroatoms. The van der Waals surface area contributed by atoms with Crippen LogP contribution in [0.5, 0.6) is 0 Å². The van der Waals surface area contributed by atoms with Crippen molar-refractivity contribution in [3.05, 3.63) is 0 Å². The fraction of sp³-hybridized carbons (Fsp3) is 0.800. The second kappa shape index (κ2) is 4.66. The van der Waals surface area contributed by atoms with E-state index < -0.39 is 0 Å². The largest absolute Gasteiger partial charge is 0.379 e. The van der Waals surface area contributed by atoms with Gasteiger partial charge in [0.25, 0.3) is 0 Å². The number of hydrogen-bond donors (Lipinski definition) is 0. The summed E-state index contributed by atoms with van der Waals surface area (Å²) in [6, 6.07) is 0. The third-order valence-electron chi connectivity index (χ3n) is 2.86. The number of hydrogen-bond acceptors (Lipinski definition) is 4. The molecule has 2 aliphatic heterocycles. The van der Waals surface area contributed by atoms with E-state index in [1.54, 1.807) is 0 Å². The monoisotopic (exact) mass is 196 g/mol.